The van der Waals surface area contributed by atoms with Crippen molar-refractivity contribution in [3.8, 4) is 17.2 Å². The lowest BCUT2D eigenvalue weighted by atomic mass is 10.2. The molecule has 8 nitrogen and oxygen atoms in total. The number of nitrogens with zero attached hydrogens (tertiary/aromatic N) is 1. The molecule has 1 aliphatic heterocycles. The fraction of sp³-hybridized carbons (Fsp3) is 0.250. The van der Waals surface area contributed by atoms with Gasteiger partial charge in [0.15, 0.2) is 11.5 Å². The van der Waals surface area contributed by atoms with Crippen LogP contribution in [-0.4, -0.2) is 38.4 Å². The van der Waals surface area contributed by atoms with Crippen molar-refractivity contribution in [1.82, 2.24) is 5.43 Å². The van der Waals surface area contributed by atoms with Gasteiger partial charge in [-0.25, -0.2) is 5.43 Å². The molecular weight excluding hydrogens is 266 g/mol. The Hall–Kier alpha value is -2.77. The van der Waals surface area contributed by atoms with Gasteiger partial charge in [-0.3, -0.25) is 9.59 Å². The van der Waals surface area contributed by atoms with Gasteiger partial charge >= 0.3 is 11.8 Å². The highest BCUT2D eigenvalue weighted by molar-refractivity contribution is 6.34. The van der Waals surface area contributed by atoms with Crippen LogP contribution >= 0.6 is 0 Å². The number of carbonyl (C=O) groups is 2. The molecule has 0 spiro atoms. The topological polar surface area (TPSA) is 112 Å². The summed E-state index contributed by atoms with van der Waals surface area (Å²) < 4.78 is 16.1. The third-order valence-electron chi connectivity index (χ3n) is 2.45. The summed E-state index contributed by atoms with van der Waals surface area (Å²) >= 11 is 0. The van der Waals surface area contributed by atoms with Gasteiger partial charge < -0.3 is 19.9 Å². The summed E-state index contributed by atoms with van der Waals surface area (Å²) in [5.74, 6) is -0.562. The summed E-state index contributed by atoms with van der Waals surface area (Å²) in [6.45, 7) is 0.890. The first-order valence-electron chi connectivity index (χ1n) is 5.72. The van der Waals surface area contributed by atoms with E-state index in [1.165, 1.54) is 13.3 Å². The van der Waals surface area contributed by atoms with Gasteiger partial charge in [0, 0.05) is 5.56 Å². The number of carbonyl (C=O) groups excluding carboxylic acids is 2. The molecule has 0 fully saturated rings. The van der Waals surface area contributed by atoms with Crippen LogP contribution in [0.15, 0.2) is 17.2 Å². The van der Waals surface area contributed by atoms with Crippen LogP contribution in [0.5, 0.6) is 17.2 Å². The molecule has 0 unspecified atom stereocenters. The molecule has 0 radical (unpaired) electrons. The molecule has 20 heavy (non-hydrogen) atoms. The van der Waals surface area contributed by atoms with E-state index in [1.807, 2.05) is 5.43 Å². The number of hydrogen-bond donors (Lipinski definition) is 2. The highest BCUT2D eigenvalue weighted by Crippen LogP contribution is 2.39. The molecule has 106 valence electrons. The van der Waals surface area contributed by atoms with E-state index in [0.717, 1.165) is 0 Å². The van der Waals surface area contributed by atoms with Gasteiger partial charge in [-0.05, 0) is 12.1 Å². The molecule has 0 saturated heterocycles. The van der Waals surface area contributed by atoms with Crippen LogP contribution in [-0.2, 0) is 9.59 Å². The van der Waals surface area contributed by atoms with Gasteiger partial charge in [0.25, 0.3) is 0 Å². The van der Waals surface area contributed by atoms with Crippen molar-refractivity contribution < 1.29 is 23.8 Å². The Morgan fingerprint density at radius 1 is 1.40 bits per heavy atom. The molecule has 2 amide bonds. The average molecular weight is 279 g/mol. The van der Waals surface area contributed by atoms with E-state index in [9.17, 15) is 9.59 Å². The minimum absolute atomic E-state index is 0.440. The molecule has 0 atom stereocenters. The van der Waals surface area contributed by atoms with Crippen LogP contribution in [0, 0.1) is 0 Å². The predicted molar refractivity (Wildman–Crippen MR) is 68.9 cm³/mol. The number of nitrogens with one attached hydrogen (secondary N) is 1. The lowest BCUT2D eigenvalue weighted by Gasteiger charge is -2.20. The molecule has 1 aromatic rings. The number of hydrogen-bond acceptors (Lipinski definition) is 6. The first-order valence-corrected chi connectivity index (χ1v) is 5.72. The van der Waals surface area contributed by atoms with Crippen LogP contribution in [0.1, 0.15) is 5.56 Å². The van der Waals surface area contributed by atoms with Crippen molar-refractivity contribution in [3.05, 3.63) is 17.7 Å². The zero-order valence-corrected chi connectivity index (χ0v) is 10.7. The summed E-state index contributed by atoms with van der Waals surface area (Å²) in [7, 11) is 1.50. The molecule has 8 heteroatoms. The maximum Gasteiger partial charge on any atom is 0.329 e. The van der Waals surface area contributed by atoms with Crippen LogP contribution in [0.4, 0.5) is 0 Å². The number of primary amides is 1. The van der Waals surface area contributed by atoms with Gasteiger partial charge in [-0.1, -0.05) is 0 Å². The van der Waals surface area contributed by atoms with E-state index in [1.54, 1.807) is 12.1 Å². The van der Waals surface area contributed by atoms with Crippen LogP contribution in [0.2, 0.25) is 0 Å². The van der Waals surface area contributed by atoms with Gasteiger partial charge in [0.05, 0.1) is 13.3 Å². The molecule has 1 aliphatic rings. The van der Waals surface area contributed by atoms with E-state index in [2.05, 4.69) is 5.10 Å². The smallest absolute Gasteiger partial charge is 0.329 e. The zero-order valence-electron chi connectivity index (χ0n) is 10.7. The average Bonchev–Trinajstić information content (AvgIpc) is 2.46. The lowest BCUT2D eigenvalue weighted by Crippen LogP contribution is -2.32. The molecule has 1 heterocycles. The van der Waals surface area contributed by atoms with E-state index in [0.29, 0.717) is 36.0 Å². The van der Waals surface area contributed by atoms with Crippen molar-refractivity contribution in [2.24, 2.45) is 10.8 Å². The summed E-state index contributed by atoms with van der Waals surface area (Å²) in [4.78, 5) is 21.4. The summed E-state index contributed by atoms with van der Waals surface area (Å²) in [5.41, 5.74) is 7.37. The van der Waals surface area contributed by atoms with Crippen LogP contribution in [0.3, 0.4) is 0 Å². The molecular formula is C12H13N3O5. The Morgan fingerprint density at radius 3 is 2.85 bits per heavy atom. The second-order valence-electron chi connectivity index (χ2n) is 3.81. The Bertz CT molecular complexity index is 553. The zero-order chi connectivity index (χ0) is 14.5. The maximum atomic E-state index is 10.9. The van der Waals surface area contributed by atoms with Gasteiger partial charge in [-0.15, -0.1) is 0 Å². The van der Waals surface area contributed by atoms with E-state index < -0.39 is 11.8 Å². The molecule has 3 N–H and O–H groups in total. The largest absolute Gasteiger partial charge is 0.493 e. The molecule has 0 saturated carbocycles. The van der Waals surface area contributed by atoms with Crippen molar-refractivity contribution in [1.29, 1.82) is 0 Å². The molecule has 0 aliphatic carbocycles. The second-order valence-corrected chi connectivity index (χ2v) is 3.81. The number of fused-ring (bicyclic) bond motifs is 1. The number of nitrogens with two attached hydrogens (primary N) is 1. The number of hydrazone groups is 1. The number of rotatable bonds is 3. The summed E-state index contributed by atoms with van der Waals surface area (Å²) in [6, 6.07) is 3.34. The highest BCUT2D eigenvalue weighted by atomic mass is 16.6. The van der Waals surface area contributed by atoms with E-state index >= 15 is 0 Å². The highest BCUT2D eigenvalue weighted by Gasteiger charge is 2.17. The van der Waals surface area contributed by atoms with Crippen molar-refractivity contribution in [3.63, 3.8) is 0 Å². The third-order valence-corrected chi connectivity index (χ3v) is 2.45. The van der Waals surface area contributed by atoms with Crippen molar-refractivity contribution >= 4 is 18.0 Å². The maximum absolute atomic E-state index is 10.9. The third kappa shape index (κ3) is 2.97. The van der Waals surface area contributed by atoms with Gasteiger partial charge in [0.1, 0.15) is 13.2 Å². The quantitative estimate of drug-likeness (QED) is 0.436. The van der Waals surface area contributed by atoms with Gasteiger partial charge in [-0.2, -0.15) is 5.10 Å². The van der Waals surface area contributed by atoms with Gasteiger partial charge in [0.2, 0.25) is 5.75 Å². The number of methoxy groups -OCH3 is 1. The van der Waals surface area contributed by atoms with Crippen molar-refractivity contribution in [2.45, 2.75) is 0 Å². The normalized spacial score (nSPS) is 13.1. The molecule has 2 rings (SSSR count). The Morgan fingerprint density at radius 2 is 2.15 bits per heavy atom. The lowest BCUT2D eigenvalue weighted by molar-refractivity contribution is -0.137. The molecule has 1 aromatic carbocycles. The van der Waals surface area contributed by atoms with Crippen molar-refractivity contribution in [2.75, 3.05) is 20.3 Å². The number of amides is 2. The second kappa shape index (κ2) is 5.91. The minimum Gasteiger partial charge on any atom is -0.493 e. The monoisotopic (exact) mass is 279 g/mol. The fourth-order valence-corrected chi connectivity index (χ4v) is 1.59. The Balaban J connectivity index is 2.18. The van der Waals surface area contributed by atoms with E-state index in [-0.39, 0.29) is 0 Å². The summed E-state index contributed by atoms with van der Waals surface area (Å²) in [5, 5.41) is 3.61. The minimum atomic E-state index is -1.11. The Labute approximate surface area is 114 Å². The van der Waals surface area contributed by atoms with E-state index in [4.69, 9.17) is 19.9 Å². The summed E-state index contributed by atoms with van der Waals surface area (Å²) in [6.07, 6.45) is 1.33. The standard InChI is InChI=1S/C12H13N3O5/c1-18-8-4-7(6-14-15-12(17)11(13)16)5-9-10(8)20-3-2-19-9/h4-6H,2-3H2,1H3,(H2,13,16)(H,15,17)/b14-6-. The molecule has 0 aromatic heterocycles. The first kappa shape index (κ1) is 13.7. The number of ether oxygens (including phenoxy) is 3. The SMILES string of the molecule is COc1cc(/C=N\NC(=O)C(N)=O)cc2c1OCCO2. The van der Waals surface area contributed by atoms with Crippen LogP contribution < -0.4 is 25.4 Å². The molecule has 0 bridgehead atoms. The fourth-order valence-electron chi connectivity index (χ4n) is 1.59. The Kier molecular flexibility index (Phi) is 4.04. The van der Waals surface area contributed by atoms with Crippen LogP contribution in [0.25, 0.3) is 0 Å². The first-order chi connectivity index (χ1) is 9.61. The predicted octanol–water partition coefficient (Wildman–Crippen LogP) is -0.598. The number of benzene rings is 1.